The van der Waals surface area contributed by atoms with Gasteiger partial charge in [-0.15, -0.1) is 0 Å². The van der Waals surface area contributed by atoms with Gasteiger partial charge in [0.1, 0.15) is 6.04 Å². The molecular weight excluding hydrogens is 378 g/mol. The minimum Gasteiger partial charge on any atom is -0.465 e. The van der Waals surface area contributed by atoms with Crippen molar-refractivity contribution < 1.29 is 14.7 Å². The van der Waals surface area contributed by atoms with Crippen LogP contribution in [0.5, 0.6) is 0 Å². The predicted octanol–water partition coefficient (Wildman–Crippen LogP) is 5.21. The van der Waals surface area contributed by atoms with E-state index in [1.165, 1.54) is 4.90 Å². The van der Waals surface area contributed by atoms with Crippen molar-refractivity contribution in [2.75, 3.05) is 5.32 Å². The highest BCUT2D eigenvalue weighted by atomic mass is 16.4. The van der Waals surface area contributed by atoms with Crippen molar-refractivity contribution in [3.63, 3.8) is 0 Å². The van der Waals surface area contributed by atoms with Gasteiger partial charge in [-0.05, 0) is 61.7 Å². The summed E-state index contributed by atoms with van der Waals surface area (Å²) >= 11 is 0. The maximum Gasteiger partial charge on any atom is 0.408 e. The van der Waals surface area contributed by atoms with Crippen LogP contribution in [0, 0.1) is 0 Å². The number of aromatic nitrogens is 1. The number of anilines is 1. The molecule has 0 unspecified atom stereocenters. The Morgan fingerprint density at radius 2 is 1.47 bits per heavy atom. The summed E-state index contributed by atoms with van der Waals surface area (Å²) < 4.78 is 0. The van der Waals surface area contributed by atoms with E-state index in [9.17, 15) is 14.7 Å². The van der Waals surface area contributed by atoms with Gasteiger partial charge in [-0.1, -0.05) is 42.5 Å². The standard InChI is InChI=1S/C24H25N3O3/c1-24(2,3)27(23(29)30)21(19-7-5-4-6-8-19)22(28)26-20-11-9-17(10-12-20)18-13-15-25-16-14-18/h4-16,21H,1-3H3,(H,26,28)(H,29,30)/t21-/m0/s1. The first-order valence-corrected chi connectivity index (χ1v) is 9.66. The van der Waals surface area contributed by atoms with Gasteiger partial charge in [0.25, 0.3) is 5.91 Å². The molecule has 154 valence electrons. The molecule has 3 rings (SSSR count). The molecule has 1 aromatic heterocycles. The predicted molar refractivity (Wildman–Crippen MR) is 117 cm³/mol. The number of carbonyl (C=O) groups is 2. The number of carboxylic acid groups (broad SMARTS) is 1. The largest absolute Gasteiger partial charge is 0.465 e. The molecule has 0 saturated heterocycles. The molecule has 0 bridgehead atoms. The van der Waals surface area contributed by atoms with Crippen LogP contribution < -0.4 is 5.32 Å². The summed E-state index contributed by atoms with van der Waals surface area (Å²) in [5.74, 6) is -0.407. The fourth-order valence-corrected chi connectivity index (χ4v) is 3.34. The van der Waals surface area contributed by atoms with Crippen molar-refractivity contribution in [2.24, 2.45) is 0 Å². The quantitative estimate of drug-likeness (QED) is 0.613. The van der Waals surface area contributed by atoms with E-state index in [1.807, 2.05) is 30.3 Å². The number of rotatable bonds is 5. The summed E-state index contributed by atoms with van der Waals surface area (Å²) in [4.78, 5) is 30.5. The monoisotopic (exact) mass is 403 g/mol. The average molecular weight is 403 g/mol. The van der Waals surface area contributed by atoms with Gasteiger partial charge in [0.2, 0.25) is 0 Å². The Hall–Kier alpha value is -3.67. The van der Waals surface area contributed by atoms with E-state index in [4.69, 9.17) is 0 Å². The second-order valence-corrected chi connectivity index (χ2v) is 7.94. The SMILES string of the molecule is CC(C)(C)N(C(=O)O)[C@H](C(=O)Nc1ccc(-c2ccncc2)cc1)c1ccccc1. The number of hydrogen-bond acceptors (Lipinski definition) is 3. The normalized spacial score (nSPS) is 12.1. The van der Waals surface area contributed by atoms with Crippen LogP contribution in [-0.2, 0) is 4.79 Å². The van der Waals surface area contributed by atoms with E-state index in [2.05, 4.69) is 10.3 Å². The maximum atomic E-state index is 13.2. The molecule has 1 atom stereocenters. The van der Waals surface area contributed by atoms with Gasteiger partial charge < -0.3 is 10.4 Å². The highest BCUT2D eigenvalue weighted by molar-refractivity contribution is 5.97. The van der Waals surface area contributed by atoms with Crippen LogP contribution in [-0.4, -0.2) is 32.5 Å². The highest BCUT2D eigenvalue weighted by Crippen LogP contribution is 2.30. The van der Waals surface area contributed by atoms with Crippen LogP contribution in [0.2, 0.25) is 0 Å². The molecule has 2 N–H and O–H groups in total. The number of nitrogens with zero attached hydrogens (tertiary/aromatic N) is 2. The number of benzene rings is 2. The van der Waals surface area contributed by atoms with Gasteiger partial charge in [0.05, 0.1) is 0 Å². The molecule has 2 amide bonds. The summed E-state index contributed by atoms with van der Waals surface area (Å²) in [6.45, 7) is 5.32. The van der Waals surface area contributed by atoms with Crippen LogP contribution in [0.4, 0.5) is 10.5 Å². The molecule has 30 heavy (non-hydrogen) atoms. The van der Waals surface area contributed by atoms with E-state index in [0.717, 1.165) is 11.1 Å². The second-order valence-electron chi connectivity index (χ2n) is 7.94. The summed E-state index contributed by atoms with van der Waals surface area (Å²) in [6, 6.07) is 19.2. The third kappa shape index (κ3) is 4.84. The molecule has 0 fully saturated rings. The number of nitrogens with one attached hydrogen (secondary N) is 1. The van der Waals surface area contributed by atoms with Crippen molar-refractivity contribution in [1.82, 2.24) is 9.88 Å². The Balaban J connectivity index is 1.89. The maximum absolute atomic E-state index is 13.2. The number of hydrogen-bond donors (Lipinski definition) is 2. The fraction of sp³-hybridized carbons (Fsp3) is 0.208. The Bertz CT molecular complexity index is 997. The zero-order valence-electron chi connectivity index (χ0n) is 17.2. The molecular formula is C24H25N3O3. The molecule has 0 aliphatic rings. The lowest BCUT2D eigenvalue weighted by atomic mass is 9.97. The Kier molecular flexibility index (Phi) is 6.16. The van der Waals surface area contributed by atoms with Gasteiger partial charge in [0.15, 0.2) is 0 Å². The van der Waals surface area contributed by atoms with Gasteiger partial charge in [-0.25, -0.2) is 4.79 Å². The first-order chi connectivity index (χ1) is 14.3. The lowest BCUT2D eigenvalue weighted by molar-refractivity contribution is -0.122. The van der Waals surface area contributed by atoms with E-state index in [0.29, 0.717) is 11.3 Å². The van der Waals surface area contributed by atoms with E-state index < -0.39 is 23.6 Å². The Labute approximate surface area is 176 Å². The van der Waals surface area contributed by atoms with Gasteiger partial charge in [0, 0.05) is 23.6 Å². The van der Waals surface area contributed by atoms with E-state index >= 15 is 0 Å². The van der Waals surface area contributed by atoms with E-state index in [1.54, 1.807) is 69.6 Å². The third-order valence-electron chi connectivity index (χ3n) is 4.72. The van der Waals surface area contributed by atoms with Crippen molar-refractivity contribution >= 4 is 17.7 Å². The highest BCUT2D eigenvalue weighted by Gasteiger charge is 2.38. The summed E-state index contributed by atoms with van der Waals surface area (Å²) in [6.07, 6.45) is 2.30. The molecule has 6 nitrogen and oxygen atoms in total. The zero-order valence-corrected chi connectivity index (χ0v) is 17.2. The molecule has 0 radical (unpaired) electrons. The minimum absolute atomic E-state index is 0.407. The van der Waals surface area contributed by atoms with Crippen LogP contribution in [0.25, 0.3) is 11.1 Å². The molecule has 1 heterocycles. The van der Waals surface area contributed by atoms with Crippen LogP contribution in [0.15, 0.2) is 79.1 Å². The zero-order chi connectivity index (χ0) is 21.7. The van der Waals surface area contributed by atoms with Crippen molar-refractivity contribution in [3.8, 4) is 11.1 Å². The topological polar surface area (TPSA) is 82.5 Å². The lowest BCUT2D eigenvalue weighted by Crippen LogP contribution is -2.50. The number of amides is 2. The van der Waals surface area contributed by atoms with Gasteiger partial charge in [-0.2, -0.15) is 0 Å². The second kappa shape index (κ2) is 8.78. The first-order valence-electron chi connectivity index (χ1n) is 9.66. The van der Waals surface area contributed by atoms with Gasteiger partial charge in [-0.3, -0.25) is 14.7 Å². The summed E-state index contributed by atoms with van der Waals surface area (Å²) in [5, 5.41) is 12.7. The van der Waals surface area contributed by atoms with Crippen molar-refractivity contribution in [2.45, 2.75) is 32.4 Å². The molecule has 3 aromatic rings. The lowest BCUT2D eigenvalue weighted by Gasteiger charge is -2.39. The van der Waals surface area contributed by atoms with Crippen molar-refractivity contribution in [3.05, 3.63) is 84.7 Å². The first kappa shape index (κ1) is 21.0. The van der Waals surface area contributed by atoms with Crippen LogP contribution in [0.1, 0.15) is 32.4 Å². The Morgan fingerprint density at radius 1 is 0.900 bits per heavy atom. The van der Waals surface area contributed by atoms with Crippen LogP contribution in [0.3, 0.4) is 0 Å². The molecule has 0 spiro atoms. The molecule has 0 aliphatic heterocycles. The molecule has 2 aromatic carbocycles. The molecule has 0 saturated carbocycles. The summed E-state index contributed by atoms with van der Waals surface area (Å²) in [5.41, 5.74) is 2.46. The number of carbonyl (C=O) groups excluding carboxylic acids is 1. The number of pyridine rings is 1. The van der Waals surface area contributed by atoms with Crippen LogP contribution >= 0.6 is 0 Å². The smallest absolute Gasteiger partial charge is 0.408 e. The Morgan fingerprint density at radius 3 is 2.00 bits per heavy atom. The molecule has 6 heteroatoms. The molecule has 0 aliphatic carbocycles. The third-order valence-corrected chi connectivity index (χ3v) is 4.72. The van der Waals surface area contributed by atoms with E-state index in [-0.39, 0.29) is 0 Å². The fourth-order valence-electron chi connectivity index (χ4n) is 3.34. The minimum atomic E-state index is -1.15. The average Bonchev–Trinajstić information content (AvgIpc) is 2.72. The van der Waals surface area contributed by atoms with Crippen molar-refractivity contribution in [1.29, 1.82) is 0 Å². The van der Waals surface area contributed by atoms with Gasteiger partial charge >= 0.3 is 6.09 Å². The summed E-state index contributed by atoms with van der Waals surface area (Å²) in [7, 11) is 0.